The Labute approximate surface area is 112 Å². The summed E-state index contributed by atoms with van der Waals surface area (Å²) in [4.78, 5) is 5.41. The number of piperazine rings is 1. The smallest absolute Gasteiger partial charge is 0.0113 e. The van der Waals surface area contributed by atoms with Gasteiger partial charge in [-0.05, 0) is 44.1 Å². The SMILES string of the molecule is NCC1CCCCC1CN1CCN(C2CC2)CC1. The molecule has 1 saturated heterocycles. The van der Waals surface area contributed by atoms with Crippen molar-refractivity contribution in [1.29, 1.82) is 0 Å². The van der Waals surface area contributed by atoms with Gasteiger partial charge in [0.2, 0.25) is 0 Å². The van der Waals surface area contributed by atoms with Gasteiger partial charge in [-0.2, -0.15) is 0 Å². The molecule has 1 aliphatic heterocycles. The molecule has 0 aromatic rings. The first-order chi connectivity index (χ1) is 8.86. The molecule has 0 radical (unpaired) electrons. The van der Waals surface area contributed by atoms with Crippen molar-refractivity contribution in [3.63, 3.8) is 0 Å². The van der Waals surface area contributed by atoms with Gasteiger partial charge in [0, 0.05) is 38.8 Å². The zero-order chi connectivity index (χ0) is 12.4. The van der Waals surface area contributed by atoms with Crippen molar-refractivity contribution in [1.82, 2.24) is 9.80 Å². The minimum absolute atomic E-state index is 0.806. The lowest BCUT2D eigenvalue weighted by Gasteiger charge is -2.39. The molecule has 3 heteroatoms. The molecule has 0 aromatic heterocycles. The fourth-order valence-corrected chi connectivity index (χ4v) is 3.92. The Morgan fingerprint density at radius 2 is 1.50 bits per heavy atom. The first-order valence-electron chi connectivity index (χ1n) is 8.03. The van der Waals surface area contributed by atoms with E-state index in [-0.39, 0.29) is 0 Å². The molecular formula is C15H29N3. The molecule has 104 valence electrons. The van der Waals surface area contributed by atoms with E-state index >= 15 is 0 Å². The normalized spacial score (nSPS) is 35.8. The standard InChI is InChI=1S/C15H29N3/c16-11-13-3-1-2-4-14(13)12-17-7-9-18(10-8-17)15-5-6-15/h13-15H,1-12,16H2. The van der Waals surface area contributed by atoms with Crippen molar-refractivity contribution in [3.05, 3.63) is 0 Å². The molecule has 0 spiro atoms. The zero-order valence-corrected chi connectivity index (χ0v) is 11.7. The van der Waals surface area contributed by atoms with E-state index in [2.05, 4.69) is 9.80 Å². The zero-order valence-electron chi connectivity index (χ0n) is 11.7. The van der Waals surface area contributed by atoms with Gasteiger partial charge in [-0.15, -0.1) is 0 Å². The molecule has 2 unspecified atom stereocenters. The maximum absolute atomic E-state index is 5.94. The number of hydrogen-bond donors (Lipinski definition) is 1. The van der Waals surface area contributed by atoms with Crippen LogP contribution in [0.5, 0.6) is 0 Å². The van der Waals surface area contributed by atoms with Gasteiger partial charge in [0.1, 0.15) is 0 Å². The summed E-state index contributed by atoms with van der Waals surface area (Å²) >= 11 is 0. The molecule has 3 fully saturated rings. The minimum atomic E-state index is 0.806. The molecule has 2 atom stereocenters. The maximum atomic E-state index is 5.94. The summed E-state index contributed by atoms with van der Waals surface area (Å²) in [5, 5.41) is 0. The van der Waals surface area contributed by atoms with E-state index < -0.39 is 0 Å². The molecule has 2 N–H and O–H groups in total. The van der Waals surface area contributed by atoms with E-state index in [9.17, 15) is 0 Å². The van der Waals surface area contributed by atoms with Crippen molar-refractivity contribution in [3.8, 4) is 0 Å². The molecule has 2 aliphatic carbocycles. The van der Waals surface area contributed by atoms with Gasteiger partial charge >= 0.3 is 0 Å². The molecule has 3 rings (SSSR count). The van der Waals surface area contributed by atoms with Crippen LogP contribution in [0.2, 0.25) is 0 Å². The lowest BCUT2D eigenvalue weighted by molar-refractivity contribution is 0.0896. The number of hydrogen-bond acceptors (Lipinski definition) is 3. The van der Waals surface area contributed by atoms with Gasteiger partial charge in [0.05, 0.1) is 0 Å². The van der Waals surface area contributed by atoms with Crippen LogP contribution in [0, 0.1) is 11.8 Å². The van der Waals surface area contributed by atoms with Crippen LogP contribution in [-0.4, -0.2) is 55.1 Å². The summed E-state index contributed by atoms with van der Waals surface area (Å²) in [5.41, 5.74) is 5.94. The fourth-order valence-electron chi connectivity index (χ4n) is 3.92. The predicted octanol–water partition coefficient (Wildman–Crippen LogP) is 1.53. The lowest BCUT2D eigenvalue weighted by atomic mass is 9.79. The van der Waals surface area contributed by atoms with E-state index in [1.165, 1.54) is 71.2 Å². The second kappa shape index (κ2) is 5.89. The summed E-state index contributed by atoms with van der Waals surface area (Å²) in [6, 6.07) is 0.957. The number of rotatable bonds is 4. The Morgan fingerprint density at radius 1 is 0.833 bits per heavy atom. The maximum Gasteiger partial charge on any atom is 0.0113 e. The number of nitrogens with zero attached hydrogens (tertiary/aromatic N) is 2. The Morgan fingerprint density at radius 3 is 2.11 bits per heavy atom. The van der Waals surface area contributed by atoms with Gasteiger partial charge in [0.25, 0.3) is 0 Å². The van der Waals surface area contributed by atoms with Crippen LogP contribution < -0.4 is 5.73 Å². The van der Waals surface area contributed by atoms with E-state index in [1.54, 1.807) is 0 Å². The third-order valence-corrected chi connectivity index (χ3v) is 5.33. The molecule has 3 nitrogen and oxygen atoms in total. The monoisotopic (exact) mass is 251 g/mol. The number of nitrogens with two attached hydrogens (primary N) is 1. The Kier molecular flexibility index (Phi) is 4.22. The highest BCUT2D eigenvalue weighted by molar-refractivity contribution is 4.88. The highest BCUT2D eigenvalue weighted by Crippen LogP contribution is 2.31. The van der Waals surface area contributed by atoms with E-state index in [4.69, 9.17) is 5.73 Å². The molecule has 0 bridgehead atoms. The van der Waals surface area contributed by atoms with Crippen molar-refractivity contribution in [2.24, 2.45) is 17.6 Å². The van der Waals surface area contributed by atoms with Gasteiger partial charge < -0.3 is 10.6 Å². The largest absolute Gasteiger partial charge is 0.330 e. The van der Waals surface area contributed by atoms with Gasteiger partial charge in [-0.3, -0.25) is 4.90 Å². The van der Waals surface area contributed by atoms with Gasteiger partial charge in [0.15, 0.2) is 0 Å². The van der Waals surface area contributed by atoms with E-state index in [1.807, 2.05) is 0 Å². The van der Waals surface area contributed by atoms with Crippen molar-refractivity contribution >= 4 is 0 Å². The van der Waals surface area contributed by atoms with Crippen molar-refractivity contribution < 1.29 is 0 Å². The lowest BCUT2D eigenvalue weighted by Crippen LogP contribution is -2.49. The molecule has 18 heavy (non-hydrogen) atoms. The predicted molar refractivity (Wildman–Crippen MR) is 75.5 cm³/mol. The quantitative estimate of drug-likeness (QED) is 0.822. The second-order valence-electron chi connectivity index (χ2n) is 6.61. The van der Waals surface area contributed by atoms with Crippen LogP contribution in [0.25, 0.3) is 0 Å². The van der Waals surface area contributed by atoms with Crippen molar-refractivity contribution in [2.45, 2.75) is 44.6 Å². The molecular weight excluding hydrogens is 222 g/mol. The Balaban J connectivity index is 1.44. The molecule has 1 heterocycles. The topological polar surface area (TPSA) is 32.5 Å². The van der Waals surface area contributed by atoms with Crippen molar-refractivity contribution in [2.75, 3.05) is 39.3 Å². The average molecular weight is 251 g/mol. The second-order valence-corrected chi connectivity index (χ2v) is 6.61. The summed E-state index contributed by atoms with van der Waals surface area (Å²) in [7, 11) is 0. The van der Waals surface area contributed by atoms with Crippen LogP contribution in [0.4, 0.5) is 0 Å². The molecule has 0 amide bonds. The molecule has 3 aliphatic rings. The average Bonchev–Trinajstić information content (AvgIpc) is 3.25. The molecule has 0 aromatic carbocycles. The molecule has 2 saturated carbocycles. The Hall–Kier alpha value is -0.120. The van der Waals surface area contributed by atoms with E-state index in [0.717, 1.165) is 24.4 Å². The first-order valence-corrected chi connectivity index (χ1v) is 8.03. The summed E-state index contributed by atoms with van der Waals surface area (Å²) in [5.74, 6) is 1.69. The minimum Gasteiger partial charge on any atom is -0.330 e. The summed E-state index contributed by atoms with van der Waals surface area (Å²) < 4.78 is 0. The summed E-state index contributed by atoms with van der Waals surface area (Å²) in [6.07, 6.45) is 8.56. The van der Waals surface area contributed by atoms with Crippen LogP contribution in [-0.2, 0) is 0 Å². The third-order valence-electron chi connectivity index (χ3n) is 5.33. The van der Waals surface area contributed by atoms with Gasteiger partial charge in [-0.25, -0.2) is 0 Å². The highest BCUT2D eigenvalue weighted by atomic mass is 15.3. The van der Waals surface area contributed by atoms with Crippen LogP contribution in [0.1, 0.15) is 38.5 Å². The highest BCUT2D eigenvalue weighted by Gasteiger charge is 2.32. The third kappa shape index (κ3) is 3.06. The summed E-state index contributed by atoms with van der Waals surface area (Å²) in [6.45, 7) is 7.44. The van der Waals surface area contributed by atoms with Crippen LogP contribution in [0.15, 0.2) is 0 Å². The van der Waals surface area contributed by atoms with Gasteiger partial charge in [-0.1, -0.05) is 12.8 Å². The van der Waals surface area contributed by atoms with Crippen LogP contribution >= 0.6 is 0 Å². The van der Waals surface area contributed by atoms with Crippen LogP contribution in [0.3, 0.4) is 0 Å². The van der Waals surface area contributed by atoms with E-state index in [0.29, 0.717) is 0 Å². The first kappa shape index (κ1) is 12.9. The fraction of sp³-hybridized carbons (Fsp3) is 1.00. The Bertz CT molecular complexity index is 256.